The zero-order chi connectivity index (χ0) is 14.1. The number of benzene rings is 2. The first-order valence-corrected chi connectivity index (χ1v) is 7.05. The highest BCUT2D eigenvalue weighted by Gasteiger charge is 2.12. The molecule has 2 aromatic carbocycles. The molecule has 0 aliphatic carbocycles. The number of aromatic nitrogens is 1. The fourth-order valence-electron chi connectivity index (χ4n) is 2.08. The number of rotatable bonds is 2. The summed E-state index contributed by atoms with van der Waals surface area (Å²) in [6.07, 6.45) is 0. The third-order valence-corrected chi connectivity index (χ3v) is 4.11. The van der Waals surface area contributed by atoms with E-state index in [0.717, 1.165) is 26.7 Å². The minimum absolute atomic E-state index is 0.242. The minimum atomic E-state index is -0.242. The van der Waals surface area contributed by atoms with Gasteiger partial charge in [-0.3, -0.25) is 0 Å². The Morgan fingerprint density at radius 3 is 2.45 bits per heavy atom. The molecule has 1 aromatic heterocycles. The molecule has 0 radical (unpaired) electrons. The van der Waals surface area contributed by atoms with Crippen molar-refractivity contribution in [2.45, 2.75) is 6.92 Å². The average Bonchev–Trinajstić information content (AvgIpc) is 2.82. The van der Waals surface area contributed by atoms with Gasteiger partial charge in [-0.15, -0.1) is 11.3 Å². The fraction of sp³-hybridized carbons (Fsp3) is 0.0625. The maximum Gasteiger partial charge on any atom is 0.126 e. The van der Waals surface area contributed by atoms with Crippen molar-refractivity contribution in [2.75, 3.05) is 5.73 Å². The second-order valence-corrected chi connectivity index (χ2v) is 5.72. The molecule has 2 N–H and O–H groups in total. The first-order valence-electron chi connectivity index (χ1n) is 6.23. The smallest absolute Gasteiger partial charge is 0.126 e. The van der Waals surface area contributed by atoms with Crippen LogP contribution in [0.1, 0.15) is 4.88 Å². The highest BCUT2D eigenvalue weighted by atomic mass is 32.1. The van der Waals surface area contributed by atoms with Crippen molar-refractivity contribution in [1.82, 2.24) is 4.98 Å². The Hall–Kier alpha value is -2.20. The largest absolute Gasteiger partial charge is 0.398 e. The molecule has 0 amide bonds. The SMILES string of the molecule is Cc1sc(-c2ccccc2N)nc1-c1ccc(F)cc1. The van der Waals surface area contributed by atoms with Crippen LogP contribution in [0, 0.1) is 12.7 Å². The van der Waals surface area contributed by atoms with E-state index >= 15 is 0 Å². The Bertz CT molecular complexity index is 747. The van der Waals surface area contributed by atoms with E-state index < -0.39 is 0 Å². The first-order chi connectivity index (χ1) is 9.65. The summed E-state index contributed by atoms with van der Waals surface area (Å²) in [5.74, 6) is -0.242. The van der Waals surface area contributed by atoms with Gasteiger partial charge >= 0.3 is 0 Å². The Kier molecular flexibility index (Phi) is 3.24. The molecule has 0 saturated carbocycles. The summed E-state index contributed by atoms with van der Waals surface area (Å²) in [4.78, 5) is 5.75. The molecule has 0 aliphatic rings. The normalized spacial score (nSPS) is 10.7. The summed E-state index contributed by atoms with van der Waals surface area (Å²) in [5.41, 5.74) is 9.44. The maximum absolute atomic E-state index is 13.0. The molecule has 0 bridgehead atoms. The number of nitrogens with two attached hydrogens (primary N) is 1. The van der Waals surface area contributed by atoms with Gasteiger partial charge in [0.1, 0.15) is 10.8 Å². The molecule has 3 rings (SSSR count). The molecular formula is C16H13FN2S. The number of aryl methyl sites for hydroxylation is 1. The molecule has 0 fully saturated rings. The molecule has 20 heavy (non-hydrogen) atoms. The number of nitrogens with zero attached hydrogens (tertiary/aromatic N) is 1. The Balaban J connectivity index is 2.08. The highest BCUT2D eigenvalue weighted by molar-refractivity contribution is 7.15. The van der Waals surface area contributed by atoms with Crippen molar-refractivity contribution < 1.29 is 4.39 Å². The number of thiazole rings is 1. The van der Waals surface area contributed by atoms with E-state index in [-0.39, 0.29) is 5.82 Å². The average molecular weight is 284 g/mol. The first kappa shape index (κ1) is 12.8. The Morgan fingerprint density at radius 1 is 1.05 bits per heavy atom. The molecule has 4 heteroatoms. The molecular weight excluding hydrogens is 271 g/mol. The molecule has 0 unspecified atom stereocenters. The van der Waals surface area contributed by atoms with Crippen LogP contribution < -0.4 is 5.73 Å². The van der Waals surface area contributed by atoms with Gasteiger partial charge in [-0.1, -0.05) is 12.1 Å². The van der Waals surface area contributed by atoms with Crippen LogP contribution >= 0.6 is 11.3 Å². The lowest BCUT2D eigenvalue weighted by atomic mass is 10.1. The lowest BCUT2D eigenvalue weighted by molar-refractivity contribution is 0.628. The number of halogens is 1. The van der Waals surface area contributed by atoms with Gasteiger partial charge < -0.3 is 5.73 Å². The lowest BCUT2D eigenvalue weighted by Gasteiger charge is -2.00. The van der Waals surface area contributed by atoms with E-state index in [1.165, 1.54) is 12.1 Å². The van der Waals surface area contributed by atoms with Crippen LogP contribution in [-0.4, -0.2) is 4.98 Å². The summed E-state index contributed by atoms with van der Waals surface area (Å²) in [7, 11) is 0. The molecule has 0 spiro atoms. The Morgan fingerprint density at radius 2 is 1.75 bits per heavy atom. The van der Waals surface area contributed by atoms with Gasteiger partial charge in [-0.2, -0.15) is 0 Å². The van der Waals surface area contributed by atoms with Gasteiger partial charge in [-0.05, 0) is 43.3 Å². The van der Waals surface area contributed by atoms with E-state index in [2.05, 4.69) is 4.98 Å². The van der Waals surface area contributed by atoms with Crippen LogP contribution in [0.25, 0.3) is 21.8 Å². The third kappa shape index (κ3) is 2.30. The van der Waals surface area contributed by atoms with Crippen molar-refractivity contribution >= 4 is 17.0 Å². The summed E-state index contributed by atoms with van der Waals surface area (Å²) in [6.45, 7) is 2.01. The van der Waals surface area contributed by atoms with Crippen molar-refractivity contribution in [3.63, 3.8) is 0 Å². The highest BCUT2D eigenvalue weighted by Crippen LogP contribution is 2.35. The number of para-hydroxylation sites is 1. The van der Waals surface area contributed by atoms with Crippen LogP contribution in [0.5, 0.6) is 0 Å². The van der Waals surface area contributed by atoms with Crippen LogP contribution in [0.2, 0.25) is 0 Å². The summed E-state index contributed by atoms with van der Waals surface area (Å²) in [5, 5.41) is 0.889. The molecule has 3 aromatic rings. The van der Waals surface area contributed by atoms with E-state index in [1.54, 1.807) is 23.5 Å². The van der Waals surface area contributed by atoms with Crippen LogP contribution in [0.4, 0.5) is 10.1 Å². The quantitative estimate of drug-likeness (QED) is 0.703. The van der Waals surface area contributed by atoms with E-state index in [9.17, 15) is 4.39 Å². The molecule has 2 nitrogen and oxygen atoms in total. The van der Waals surface area contributed by atoms with Crippen molar-refractivity contribution in [1.29, 1.82) is 0 Å². The molecule has 0 atom stereocenters. The third-order valence-electron chi connectivity index (χ3n) is 3.11. The molecule has 100 valence electrons. The van der Waals surface area contributed by atoms with Gasteiger partial charge in [0.05, 0.1) is 5.69 Å². The second kappa shape index (κ2) is 5.06. The number of anilines is 1. The summed E-state index contributed by atoms with van der Waals surface area (Å²) < 4.78 is 13.0. The van der Waals surface area contributed by atoms with Crippen molar-refractivity contribution in [2.24, 2.45) is 0 Å². The van der Waals surface area contributed by atoms with E-state index in [1.807, 2.05) is 31.2 Å². The molecule has 0 saturated heterocycles. The standard InChI is InChI=1S/C16H13FN2S/c1-10-15(11-6-8-12(17)9-7-11)19-16(20-10)13-4-2-3-5-14(13)18/h2-9H,18H2,1H3. The predicted molar refractivity (Wildman–Crippen MR) is 82.1 cm³/mol. The maximum atomic E-state index is 13.0. The summed E-state index contributed by atoms with van der Waals surface area (Å²) >= 11 is 1.60. The molecule has 1 heterocycles. The lowest BCUT2D eigenvalue weighted by Crippen LogP contribution is -1.88. The van der Waals surface area contributed by atoms with Crippen molar-refractivity contribution in [3.8, 4) is 21.8 Å². The van der Waals surface area contributed by atoms with Crippen LogP contribution in [0.15, 0.2) is 48.5 Å². The predicted octanol–water partition coefficient (Wildman–Crippen LogP) is 4.51. The molecule has 0 aliphatic heterocycles. The van der Waals surface area contributed by atoms with Gasteiger partial charge in [-0.25, -0.2) is 9.37 Å². The zero-order valence-corrected chi connectivity index (χ0v) is 11.7. The van der Waals surface area contributed by atoms with Gasteiger partial charge in [0.15, 0.2) is 0 Å². The van der Waals surface area contributed by atoms with E-state index in [0.29, 0.717) is 5.69 Å². The van der Waals surface area contributed by atoms with Gasteiger partial charge in [0, 0.05) is 21.7 Å². The number of hydrogen-bond donors (Lipinski definition) is 1. The fourth-order valence-corrected chi connectivity index (χ4v) is 3.06. The van der Waals surface area contributed by atoms with Gasteiger partial charge in [0.25, 0.3) is 0 Å². The summed E-state index contributed by atoms with van der Waals surface area (Å²) in [6, 6.07) is 14.1. The van der Waals surface area contributed by atoms with Crippen molar-refractivity contribution in [3.05, 3.63) is 59.2 Å². The second-order valence-electron chi connectivity index (χ2n) is 4.52. The van der Waals surface area contributed by atoms with Gasteiger partial charge in [0.2, 0.25) is 0 Å². The van der Waals surface area contributed by atoms with E-state index in [4.69, 9.17) is 5.73 Å². The monoisotopic (exact) mass is 284 g/mol. The number of nitrogen functional groups attached to an aromatic ring is 1. The van der Waals surface area contributed by atoms with Crippen LogP contribution in [-0.2, 0) is 0 Å². The number of hydrogen-bond acceptors (Lipinski definition) is 3. The Labute approximate surface area is 120 Å². The zero-order valence-electron chi connectivity index (χ0n) is 10.9. The topological polar surface area (TPSA) is 38.9 Å². The van der Waals surface area contributed by atoms with Crippen LogP contribution in [0.3, 0.4) is 0 Å². The minimum Gasteiger partial charge on any atom is -0.398 e.